The Morgan fingerprint density at radius 1 is 1.44 bits per heavy atom. The molecule has 4 heteroatoms. The van der Waals surface area contributed by atoms with Gasteiger partial charge in [-0.15, -0.1) is 0 Å². The minimum Gasteiger partial charge on any atom is -0.385 e. The minimum atomic E-state index is -0.347. The average Bonchev–Trinajstić information content (AvgIpc) is 2.37. The number of hydrogen-bond donors (Lipinski definition) is 1. The Balaban J connectivity index is 2.50. The molecule has 0 fully saturated rings. The summed E-state index contributed by atoms with van der Waals surface area (Å²) >= 11 is 0. The van der Waals surface area contributed by atoms with Crippen molar-refractivity contribution in [2.24, 2.45) is 0 Å². The number of nitrogens with one attached hydrogen (secondary N) is 1. The molecule has 0 aliphatic carbocycles. The Kier molecular flexibility index (Phi) is 2.58. The average molecular weight is 220 g/mol. The number of benzene rings is 1. The first-order valence-electron chi connectivity index (χ1n) is 5.53. The van der Waals surface area contributed by atoms with Crippen molar-refractivity contribution in [3.63, 3.8) is 0 Å². The highest BCUT2D eigenvalue weighted by Crippen LogP contribution is 2.37. The van der Waals surface area contributed by atoms with Gasteiger partial charge in [0.25, 0.3) is 5.69 Å². The molecule has 0 spiro atoms. The largest absolute Gasteiger partial charge is 0.385 e. The predicted molar refractivity (Wildman–Crippen MR) is 63.8 cm³/mol. The monoisotopic (exact) mass is 220 g/mol. The molecular formula is C12H16N2O2. The van der Waals surface area contributed by atoms with E-state index < -0.39 is 0 Å². The van der Waals surface area contributed by atoms with E-state index in [-0.39, 0.29) is 16.0 Å². The highest BCUT2D eigenvalue weighted by atomic mass is 16.6. The number of nitro benzene ring substituents is 1. The highest BCUT2D eigenvalue weighted by molar-refractivity contribution is 5.60. The Bertz CT molecular complexity index is 427. The van der Waals surface area contributed by atoms with Crippen molar-refractivity contribution in [1.82, 2.24) is 0 Å². The van der Waals surface area contributed by atoms with Crippen molar-refractivity contribution in [1.29, 1.82) is 0 Å². The summed E-state index contributed by atoms with van der Waals surface area (Å²) < 4.78 is 0. The van der Waals surface area contributed by atoms with Gasteiger partial charge in [0.1, 0.15) is 0 Å². The molecule has 0 atom stereocenters. The Morgan fingerprint density at radius 2 is 2.19 bits per heavy atom. The van der Waals surface area contributed by atoms with Crippen LogP contribution in [0.3, 0.4) is 0 Å². The first-order valence-corrected chi connectivity index (χ1v) is 5.53. The first-order chi connectivity index (χ1) is 7.50. The summed E-state index contributed by atoms with van der Waals surface area (Å²) in [6.07, 6.45) is 2.19. The number of hydrogen-bond acceptors (Lipinski definition) is 3. The van der Waals surface area contributed by atoms with Crippen LogP contribution in [0.2, 0.25) is 0 Å². The van der Waals surface area contributed by atoms with Crippen LogP contribution in [0.4, 0.5) is 11.4 Å². The Hall–Kier alpha value is -1.58. The third kappa shape index (κ3) is 1.87. The molecule has 1 aliphatic rings. The second kappa shape index (κ2) is 3.77. The first kappa shape index (κ1) is 10.9. The molecule has 16 heavy (non-hydrogen) atoms. The summed E-state index contributed by atoms with van der Waals surface area (Å²) in [5.74, 6) is 0. The topological polar surface area (TPSA) is 55.2 Å². The number of nitrogens with zero attached hydrogens (tertiary/aromatic N) is 1. The lowest BCUT2D eigenvalue weighted by Gasteiger charge is -2.24. The minimum absolute atomic E-state index is 0.0912. The fourth-order valence-electron chi connectivity index (χ4n) is 2.27. The lowest BCUT2D eigenvalue weighted by Crippen LogP contribution is -2.16. The van der Waals surface area contributed by atoms with Gasteiger partial charge in [0.15, 0.2) is 0 Å². The molecule has 0 aromatic heterocycles. The fourth-order valence-corrected chi connectivity index (χ4v) is 2.27. The fraction of sp³-hybridized carbons (Fsp3) is 0.500. The van der Waals surface area contributed by atoms with E-state index in [4.69, 9.17) is 0 Å². The summed E-state index contributed by atoms with van der Waals surface area (Å²) in [5.41, 5.74) is 2.34. The number of non-ortho nitro benzene ring substituents is 1. The maximum Gasteiger partial charge on any atom is 0.271 e. The molecular weight excluding hydrogens is 204 g/mol. The molecule has 1 aromatic rings. The number of anilines is 1. The van der Waals surface area contributed by atoms with Crippen molar-refractivity contribution in [2.45, 2.75) is 32.1 Å². The van der Waals surface area contributed by atoms with E-state index in [0.717, 1.165) is 25.1 Å². The van der Waals surface area contributed by atoms with Crippen LogP contribution in [0.5, 0.6) is 0 Å². The summed E-state index contributed by atoms with van der Waals surface area (Å²) in [6.45, 7) is 5.26. The molecule has 1 heterocycles. The molecule has 1 N–H and O–H groups in total. The normalized spacial score (nSPS) is 18.1. The molecule has 2 rings (SSSR count). The molecule has 86 valence electrons. The molecule has 0 amide bonds. The Morgan fingerprint density at radius 3 is 2.88 bits per heavy atom. The zero-order valence-corrected chi connectivity index (χ0v) is 9.62. The van der Waals surface area contributed by atoms with Crippen LogP contribution >= 0.6 is 0 Å². The maximum atomic E-state index is 10.7. The van der Waals surface area contributed by atoms with Crippen LogP contribution in [0, 0.1) is 10.1 Å². The van der Waals surface area contributed by atoms with Crippen molar-refractivity contribution in [3.05, 3.63) is 33.9 Å². The number of rotatable bonds is 1. The molecule has 1 aliphatic heterocycles. The van der Waals surface area contributed by atoms with E-state index in [1.807, 2.05) is 6.07 Å². The van der Waals surface area contributed by atoms with Crippen LogP contribution in [0.25, 0.3) is 0 Å². The van der Waals surface area contributed by atoms with Gasteiger partial charge in [-0.25, -0.2) is 0 Å². The number of nitro groups is 1. The van der Waals surface area contributed by atoms with E-state index >= 15 is 0 Å². The molecule has 0 saturated carbocycles. The molecule has 0 bridgehead atoms. The highest BCUT2D eigenvalue weighted by Gasteiger charge is 2.26. The second-order valence-electron chi connectivity index (χ2n) is 4.90. The predicted octanol–water partition coefficient (Wildman–Crippen LogP) is 3.08. The third-order valence-corrected chi connectivity index (χ3v) is 3.24. The second-order valence-corrected chi connectivity index (χ2v) is 4.90. The standard InChI is InChI=1S/C12H16N2O2/c1-12(2)6-3-7-13-11-8-9(14(15)16)4-5-10(11)12/h4-5,8,13H,3,6-7H2,1-2H3. The van der Waals surface area contributed by atoms with E-state index in [2.05, 4.69) is 19.2 Å². The lowest BCUT2D eigenvalue weighted by atomic mass is 9.80. The quantitative estimate of drug-likeness (QED) is 0.584. The van der Waals surface area contributed by atoms with Gasteiger partial charge >= 0.3 is 0 Å². The van der Waals surface area contributed by atoms with Gasteiger partial charge in [0.2, 0.25) is 0 Å². The lowest BCUT2D eigenvalue weighted by molar-refractivity contribution is -0.384. The van der Waals surface area contributed by atoms with E-state index in [1.165, 1.54) is 5.56 Å². The summed E-state index contributed by atoms with van der Waals surface area (Å²) in [5, 5.41) is 14.0. The van der Waals surface area contributed by atoms with Gasteiger partial charge in [-0.1, -0.05) is 13.8 Å². The van der Waals surface area contributed by atoms with Crippen molar-refractivity contribution >= 4 is 11.4 Å². The van der Waals surface area contributed by atoms with Crippen molar-refractivity contribution < 1.29 is 4.92 Å². The van der Waals surface area contributed by atoms with Gasteiger partial charge in [-0.2, -0.15) is 0 Å². The van der Waals surface area contributed by atoms with Crippen LogP contribution in [0.1, 0.15) is 32.3 Å². The molecule has 0 unspecified atom stereocenters. The van der Waals surface area contributed by atoms with Crippen LogP contribution in [-0.2, 0) is 5.41 Å². The van der Waals surface area contributed by atoms with Crippen molar-refractivity contribution in [3.8, 4) is 0 Å². The zero-order chi connectivity index (χ0) is 11.8. The molecule has 0 saturated heterocycles. The zero-order valence-electron chi connectivity index (χ0n) is 9.62. The van der Waals surface area contributed by atoms with Crippen LogP contribution in [-0.4, -0.2) is 11.5 Å². The SMILES string of the molecule is CC1(C)CCCNc2cc([N+](=O)[O-])ccc21. The van der Waals surface area contributed by atoms with Crippen molar-refractivity contribution in [2.75, 3.05) is 11.9 Å². The Labute approximate surface area is 94.8 Å². The molecule has 0 radical (unpaired) electrons. The number of fused-ring (bicyclic) bond motifs is 1. The summed E-state index contributed by atoms with van der Waals surface area (Å²) in [6, 6.07) is 5.11. The van der Waals surface area contributed by atoms with Gasteiger partial charge < -0.3 is 5.32 Å². The van der Waals surface area contributed by atoms with Crippen LogP contribution in [0.15, 0.2) is 18.2 Å². The van der Waals surface area contributed by atoms with Crippen LogP contribution < -0.4 is 5.32 Å². The van der Waals surface area contributed by atoms with Gasteiger partial charge in [-0.05, 0) is 29.9 Å². The van der Waals surface area contributed by atoms with Gasteiger partial charge in [0, 0.05) is 24.4 Å². The summed E-state index contributed by atoms with van der Waals surface area (Å²) in [4.78, 5) is 10.4. The molecule has 4 nitrogen and oxygen atoms in total. The molecule has 1 aromatic carbocycles. The third-order valence-electron chi connectivity index (χ3n) is 3.24. The smallest absolute Gasteiger partial charge is 0.271 e. The van der Waals surface area contributed by atoms with E-state index in [0.29, 0.717) is 0 Å². The van der Waals surface area contributed by atoms with Gasteiger partial charge in [-0.3, -0.25) is 10.1 Å². The van der Waals surface area contributed by atoms with E-state index in [1.54, 1.807) is 12.1 Å². The maximum absolute atomic E-state index is 10.7. The summed E-state index contributed by atoms with van der Waals surface area (Å²) in [7, 11) is 0. The van der Waals surface area contributed by atoms with Gasteiger partial charge in [0.05, 0.1) is 4.92 Å². The van der Waals surface area contributed by atoms with E-state index in [9.17, 15) is 10.1 Å².